The number of aromatic hydroxyl groups is 1. The average Bonchev–Trinajstić information content (AvgIpc) is 2.83. The van der Waals surface area contributed by atoms with Crippen molar-refractivity contribution in [3.63, 3.8) is 0 Å². The number of carbonyl (C=O) groups is 1. The first-order chi connectivity index (χ1) is 17.0. The van der Waals surface area contributed by atoms with Crippen LogP contribution in [0.5, 0.6) is 17.2 Å². The molecule has 2 unspecified atom stereocenters. The molecule has 0 amide bonds. The number of para-hydroxylation sites is 1. The van der Waals surface area contributed by atoms with Crippen molar-refractivity contribution in [2.75, 3.05) is 0 Å². The number of phenolic OH excluding ortho intramolecular Hbond substituents is 1. The molecular formula is C22H16I3N3O8. The summed E-state index contributed by atoms with van der Waals surface area (Å²) in [7, 11) is 0. The molecule has 0 heterocycles. The van der Waals surface area contributed by atoms with Crippen molar-refractivity contribution in [1.29, 1.82) is 0 Å². The van der Waals surface area contributed by atoms with Crippen LogP contribution in [-0.4, -0.2) is 32.1 Å². The highest BCUT2D eigenvalue weighted by molar-refractivity contribution is 14.1. The maximum Gasteiger partial charge on any atom is 0.321 e. The van der Waals surface area contributed by atoms with Gasteiger partial charge in [0.1, 0.15) is 23.1 Å². The van der Waals surface area contributed by atoms with Crippen LogP contribution < -0.4 is 10.1 Å². The predicted octanol–water partition coefficient (Wildman–Crippen LogP) is 5.47. The monoisotopic (exact) mass is 831 g/mol. The quantitative estimate of drug-likeness (QED) is 0.0791. The van der Waals surface area contributed by atoms with Crippen LogP contribution >= 0.6 is 67.8 Å². The van der Waals surface area contributed by atoms with Crippen molar-refractivity contribution < 1.29 is 29.6 Å². The number of rotatable bonds is 10. The van der Waals surface area contributed by atoms with Crippen LogP contribution in [0.4, 0.5) is 5.69 Å². The van der Waals surface area contributed by atoms with E-state index in [-0.39, 0.29) is 17.7 Å². The topological polar surface area (TPSA) is 165 Å². The molecule has 0 aromatic heterocycles. The van der Waals surface area contributed by atoms with Gasteiger partial charge in [-0.15, -0.1) is 0 Å². The number of aliphatic carboxylic acids is 1. The Balaban J connectivity index is 1.92. The van der Waals surface area contributed by atoms with E-state index in [4.69, 9.17) is 4.74 Å². The van der Waals surface area contributed by atoms with Crippen LogP contribution in [0.3, 0.4) is 0 Å². The van der Waals surface area contributed by atoms with Gasteiger partial charge in [0, 0.05) is 14.6 Å². The Bertz CT molecular complexity index is 1320. The maximum absolute atomic E-state index is 12.1. The van der Waals surface area contributed by atoms with Crippen LogP contribution in [0.15, 0.2) is 54.6 Å². The molecule has 0 fully saturated rings. The summed E-state index contributed by atoms with van der Waals surface area (Å²) in [5.74, 6) is -0.211. The van der Waals surface area contributed by atoms with Crippen molar-refractivity contribution >= 4 is 79.4 Å². The van der Waals surface area contributed by atoms with E-state index in [1.807, 2.05) is 45.2 Å². The highest BCUT2D eigenvalue weighted by Gasteiger charge is 2.35. The van der Waals surface area contributed by atoms with E-state index in [9.17, 15) is 35.2 Å². The number of hydrogen-bond acceptors (Lipinski definition) is 8. The molecule has 14 heteroatoms. The van der Waals surface area contributed by atoms with Crippen molar-refractivity contribution in [2.45, 2.75) is 18.6 Å². The molecule has 2 atom stereocenters. The lowest BCUT2D eigenvalue weighted by Gasteiger charge is -2.20. The Morgan fingerprint density at radius 3 is 2.25 bits per heavy atom. The van der Waals surface area contributed by atoms with E-state index in [2.05, 4.69) is 27.9 Å². The summed E-state index contributed by atoms with van der Waals surface area (Å²) in [6.45, 7) is 0. The third-order valence-corrected chi connectivity index (χ3v) is 9.06. The first kappa shape index (κ1) is 28.3. The van der Waals surface area contributed by atoms with E-state index in [0.717, 1.165) is 6.07 Å². The van der Waals surface area contributed by atoms with Gasteiger partial charge >= 0.3 is 5.97 Å². The molecule has 3 aromatic rings. The molecule has 3 aromatic carbocycles. The second-order valence-electron chi connectivity index (χ2n) is 7.34. The molecule has 3 rings (SSSR count). The Labute approximate surface area is 245 Å². The largest absolute Gasteiger partial charge is 0.508 e. The summed E-state index contributed by atoms with van der Waals surface area (Å²) in [6.07, 6.45) is -1.93. The van der Waals surface area contributed by atoms with Crippen LogP contribution in [-0.2, 0) is 11.2 Å². The van der Waals surface area contributed by atoms with E-state index in [1.165, 1.54) is 30.3 Å². The average molecular weight is 831 g/mol. The summed E-state index contributed by atoms with van der Waals surface area (Å²) < 4.78 is 8.03. The lowest BCUT2D eigenvalue weighted by molar-refractivity contribution is -0.538. The highest BCUT2D eigenvalue weighted by atomic mass is 127. The van der Waals surface area contributed by atoms with Crippen molar-refractivity contribution in [1.82, 2.24) is 5.32 Å². The van der Waals surface area contributed by atoms with Gasteiger partial charge in [-0.25, -0.2) is 5.32 Å². The number of halogens is 3. The van der Waals surface area contributed by atoms with Crippen LogP contribution in [0.1, 0.15) is 17.3 Å². The highest BCUT2D eigenvalue weighted by Crippen LogP contribution is 2.37. The molecule has 0 aliphatic heterocycles. The molecule has 0 saturated heterocycles. The molecular weight excluding hydrogens is 815 g/mol. The van der Waals surface area contributed by atoms with Gasteiger partial charge in [-0.05, 0) is 116 Å². The normalized spacial score (nSPS) is 12.5. The number of nitrogens with zero attached hydrogens (tertiary/aromatic N) is 2. The van der Waals surface area contributed by atoms with Gasteiger partial charge < -0.3 is 14.9 Å². The summed E-state index contributed by atoms with van der Waals surface area (Å²) in [5, 5.41) is 44.9. The smallest absolute Gasteiger partial charge is 0.321 e. The zero-order chi connectivity index (χ0) is 26.6. The number of benzene rings is 3. The molecule has 3 N–H and O–H groups in total. The summed E-state index contributed by atoms with van der Waals surface area (Å²) in [4.78, 5) is 33.7. The van der Waals surface area contributed by atoms with Gasteiger partial charge in [0.05, 0.1) is 12.1 Å². The Morgan fingerprint density at radius 1 is 1.03 bits per heavy atom. The third-order valence-electron chi connectivity index (χ3n) is 4.97. The standard InChI is InChI=1S/C22H16I3N3O8/c23-15-9-11(18(24)19(25)20(15)36-13-7-5-12(29)6-8-13)10-16(22(30)31)26-21(28(34)35)14-3-1-2-4-17(14)27(32)33/h1-9,16,21,26,29H,10H2,(H,30,31). The number of nitro benzene ring substituents is 1. The molecule has 11 nitrogen and oxygen atoms in total. The lowest BCUT2D eigenvalue weighted by Crippen LogP contribution is -2.43. The second kappa shape index (κ2) is 12.3. The van der Waals surface area contributed by atoms with Crippen LogP contribution in [0.2, 0.25) is 0 Å². The zero-order valence-electron chi connectivity index (χ0n) is 17.9. The number of nitrogens with one attached hydrogen (secondary N) is 1. The Kier molecular flexibility index (Phi) is 9.64. The molecule has 0 aliphatic carbocycles. The number of carboxylic acids is 1. The maximum atomic E-state index is 12.1. The van der Waals surface area contributed by atoms with Crippen LogP contribution in [0.25, 0.3) is 0 Å². The van der Waals surface area contributed by atoms with E-state index in [0.29, 0.717) is 27.8 Å². The minimum Gasteiger partial charge on any atom is -0.508 e. The number of hydrogen-bond donors (Lipinski definition) is 3. The number of carboxylic acid groups (broad SMARTS) is 1. The van der Waals surface area contributed by atoms with E-state index >= 15 is 0 Å². The molecule has 0 bridgehead atoms. The summed E-state index contributed by atoms with van der Waals surface area (Å²) in [6, 6.07) is 11.6. The van der Waals surface area contributed by atoms with E-state index < -0.39 is 33.7 Å². The number of ether oxygens (including phenoxy) is 1. The molecule has 36 heavy (non-hydrogen) atoms. The van der Waals surface area contributed by atoms with E-state index in [1.54, 1.807) is 18.2 Å². The first-order valence-electron chi connectivity index (χ1n) is 9.98. The minimum absolute atomic E-state index is 0.0951. The fraction of sp³-hybridized carbons (Fsp3) is 0.136. The first-order valence-corrected chi connectivity index (χ1v) is 13.2. The predicted molar refractivity (Wildman–Crippen MR) is 154 cm³/mol. The molecule has 188 valence electrons. The fourth-order valence-corrected chi connectivity index (χ4v) is 5.92. The summed E-state index contributed by atoms with van der Waals surface area (Å²) >= 11 is 6.17. The Morgan fingerprint density at radius 2 is 1.67 bits per heavy atom. The van der Waals surface area contributed by atoms with Crippen molar-refractivity contribution in [3.05, 3.63) is 96.7 Å². The van der Waals surface area contributed by atoms with Crippen molar-refractivity contribution in [2.24, 2.45) is 0 Å². The lowest BCUT2D eigenvalue weighted by atomic mass is 10.0. The molecule has 0 spiro atoms. The summed E-state index contributed by atoms with van der Waals surface area (Å²) in [5.41, 5.74) is -0.118. The zero-order valence-corrected chi connectivity index (χ0v) is 24.4. The molecule has 0 saturated carbocycles. The van der Waals surface area contributed by atoms with Crippen LogP contribution in [0, 0.1) is 30.9 Å². The van der Waals surface area contributed by atoms with Gasteiger partial charge in [0.15, 0.2) is 5.75 Å². The third kappa shape index (κ3) is 6.71. The molecule has 0 radical (unpaired) electrons. The SMILES string of the molecule is O=C(O)C(Cc1cc(I)c(Oc2ccc(O)cc2)c(I)c1I)NC(c1ccccc1[N+](=O)[O-])[N+](=O)[O-]. The van der Waals surface area contributed by atoms with Gasteiger partial charge in [-0.2, -0.15) is 0 Å². The van der Waals surface area contributed by atoms with Gasteiger partial charge in [-0.3, -0.25) is 25.0 Å². The Hall–Kier alpha value is -2.32. The van der Waals surface area contributed by atoms with Gasteiger partial charge in [0.25, 0.3) is 11.9 Å². The van der Waals surface area contributed by atoms with Gasteiger partial charge in [-0.1, -0.05) is 12.1 Å². The number of nitro groups is 2. The van der Waals surface area contributed by atoms with Gasteiger partial charge in [0.2, 0.25) is 0 Å². The van der Waals surface area contributed by atoms with Crippen molar-refractivity contribution in [3.8, 4) is 17.2 Å². The molecule has 0 aliphatic rings. The fourth-order valence-electron chi connectivity index (χ4n) is 3.28. The number of phenols is 1. The minimum atomic E-state index is -1.80. The second-order valence-corrected chi connectivity index (χ2v) is 10.7.